The summed E-state index contributed by atoms with van der Waals surface area (Å²) in [6.07, 6.45) is 3.34. The van der Waals surface area contributed by atoms with Crippen molar-refractivity contribution >= 4 is 28.0 Å². The number of hydrogen-bond acceptors (Lipinski definition) is 3. The van der Waals surface area contributed by atoms with Gasteiger partial charge >= 0.3 is 0 Å². The maximum atomic E-state index is 12.0. The van der Waals surface area contributed by atoms with Gasteiger partial charge in [-0.15, -0.1) is 11.8 Å². The number of rotatable bonds is 4. The molecule has 0 amide bonds. The number of sulfonamides is 1. The lowest BCUT2D eigenvalue weighted by Crippen LogP contribution is -1.97. The van der Waals surface area contributed by atoms with Gasteiger partial charge < -0.3 is 0 Å². The normalized spacial score (nSPS) is 11.8. The van der Waals surface area contributed by atoms with Crippen LogP contribution < -0.4 is 0 Å². The Labute approximate surface area is 117 Å². The van der Waals surface area contributed by atoms with Crippen LogP contribution >= 0.6 is 11.8 Å². The fraction of sp³-hybridized carbons (Fsp3) is 0.0714. The molecule has 0 atom stereocenters. The van der Waals surface area contributed by atoms with Crippen LogP contribution in [0.25, 0.3) is 0 Å². The summed E-state index contributed by atoms with van der Waals surface area (Å²) in [5.41, 5.74) is 0.800. The van der Waals surface area contributed by atoms with Crippen LogP contribution in [-0.4, -0.2) is 20.9 Å². The van der Waals surface area contributed by atoms with E-state index in [1.807, 2.05) is 30.5 Å². The van der Waals surface area contributed by atoms with Crippen LogP contribution in [0.5, 0.6) is 0 Å². The lowest BCUT2D eigenvalue weighted by molar-refractivity contribution is 0.598. The molecule has 0 unspecified atom stereocenters. The van der Waals surface area contributed by atoms with Crippen molar-refractivity contribution in [2.45, 2.75) is 9.79 Å². The topological polar surface area (TPSA) is 46.5 Å². The number of benzene rings is 2. The van der Waals surface area contributed by atoms with Crippen molar-refractivity contribution in [3.05, 3.63) is 60.2 Å². The van der Waals surface area contributed by atoms with Crippen LogP contribution in [0.4, 0.5) is 0 Å². The minimum absolute atomic E-state index is 0.202. The summed E-state index contributed by atoms with van der Waals surface area (Å²) in [4.78, 5) is 1.20. The van der Waals surface area contributed by atoms with E-state index in [0.29, 0.717) is 0 Å². The van der Waals surface area contributed by atoms with Gasteiger partial charge in [-0.3, -0.25) is 0 Å². The third kappa shape index (κ3) is 3.45. The van der Waals surface area contributed by atoms with Crippen molar-refractivity contribution in [1.29, 1.82) is 0 Å². The third-order valence-electron chi connectivity index (χ3n) is 2.51. The Morgan fingerprint density at radius 2 is 1.63 bits per heavy atom. The molecular weight excluding hydrogens is 278 g/mol. The molecule has 0 aliphatic rings. The summed E-state index contributed by atoms with van der Waals surface area (Å²) in [5, 5.41) is 0. The van der Waals surface area contributed by atoms with Gasteiger partial charge in [0, 0.05) is 16.7 Å². The van der Waals surface area contributed by atoms with E-state index in [2.05, 4.69) is 4.40 Å². The van der Waals surface area contributed by atoms with E-state index in [1.54, 1.807) is 30.0 Å². The molecule has 0 heterocycles. The molecule has 0 aliphatic heterocycles. The maximum absolute atomic E-state index is 12.0. The molecule has 0 radical (unpaired) electrons. The second-order valence-corrected chi connectivity index (χ2v) is 6.25. The smallest absolute Gasteiger partial charge is 0.199 e. The van der Waals surface area contributed by atoms with Crippen LogP contribution in [0, 0.1) is 0 Å². The predicted octanol–water partition coefficient (Wildman–Crippen LogP) is 3.22. The Morgan fingerprint density at radius 3 is 2.32 bits per heavy atom. The minimum Gasteiger partial charge on any atom is -0.199 e. The largest absolute Gasteiger partial charge is 0.282 e. The molecule has 0 aromatic heterocycles. The van der Waals surface area contributed by atoms with Gasteiger partial charge in [-0.25, -0.2) is 0 Å². The van der Waals surface area contributed by atoms with Crippen LogP contribution in [0.1, 0.15) is 5.56 Å². The first-order valence-electron chi connectivity index (χ1n) is 5.62. The molecule has 0 aliphatic carbocycles. The Morgan fingerprint density at radius 1 is 1.00 bits per heavy atom. The van der Waals surface area contributed by atoms with Gasteiger partial charge in [0.05, 0.1) is 4.90 Å². The van der Waals surface area contributed by atoms with Crippen LogP contribution in [-0.2, 0) is 10.0 Å². The molecule has 5 heteroatoms. The monoisotopic (exact) mass is 291 g/mol. The van der Waals surface area contributed by atoms with Crippen molar-refractivity contribution in [3.63, 3.8) is 0 Å². The Hall–Kier alpha value is -1.59. The highest BCUT2D eigenvalue weighted by Gasteiger charge is 2.10. The summed E-state index contributed by atoms with van der Waals surface area (Å²) >= 11 is 1.56. The maximum Gasteiger partial charge on any atom is 0.282 e. The highest BCUT2D eigenvalue weighted by atomic mass is 32.2. The zero-order chi connectivity index (χ0) is 13.7. The van der Waals surface area contributed by atoms with Crippen molar-refractivity contribution < 1.29 is 8.42 Å². The highest BCUT2D eigenvalue weighted by molar-refractivity contribution is 7.98. The van der Waals surface area contributed by atoms with Gasteiger partial charge in [0.25, 0.3) is 10.0 Å². The third-order valence-corrected chi connectivity index (χ3v) is 4.57. The Kier molecular flexibility index (Phi) is 4.39. The second-order valence-electron chi connectivity index (χ2n) is 3.76. The van der Waals surface area contributed by atoms with Crippen molar-refractivity contribution in [3.8, 4) is 0 Å². The van der Waals surface area contributed by atoms with E-state index in [-0.39, 0.29) is 4.90 Å². The molecule has 2 aromatic rings. The molecule has 2 rings (SSSR count). The molecule has 0 bridgehead atoms. The van der Waals surface area contributed by atoms with Gasteiger partial charge in [0.15, 0.2) is 0 Å². The molecule has 98 valence electrons. The van der Waals surface area contributed by atoms with Crippen molar-refractivity contribution in [2.24, 2.45) is 4.40 Å². The van der Waals surface area contributed by atoms with Crippen molar-refractivity contribution in [2.75, 3.05) is 6.26 Å². The zero-order valence-corrected chi connectivity index (χ0v) is 12.0. The Balaban J connectivity index is 2.33. The van der Waals surface area contributed by atoms with Crippen LogP contribution in [0.2, 0.25) is 0 Å². The van der Waals surface area contributed by atoms with Crippen LogP contribution in [0.3, 0.4) is 0 Å². The number of thioether (sulfide) groups is 1. The molecule has 19 heavy (non-hydrogen) atoms. The molecule has 0 spiro atoms. The lowest BCUT2D eigenvalue weighted by atomic mass is 10.2. The molecule has 2 aromatic carbocycles. The van der Waals surface area contributed by atoms with Gasteiger partial charge in [-0.05, 0) is 24.5 Å². The molecule has 0 saturated carbocycles. The fourth-order valence-electron chi connectivity index (χ4n) is 1.55. The first-order valence-corrected chi connectivity index (χ1v) is 8.28. The standard InChI is InChI=1S/C14H13NO2S2/c1-18-14-10-6-5-7-12(14)11-15-19(16,17)13-8-3-2-4-9-13/h2-11H,1H3. The summed E-state index contributed by atoms with van der Waals surface area (Å²) in [6, 6.07) is 15.7. The molecule has 3 nitrogen and oxygen atoms in total. The number of nitrogens with zero attached hydrogens (tertiary/aromatic N) is 1. The quantitative estimate of drug-likeness (QED) is 0.642. The minimum atomic E-state index is -3.62. The van der Waals surface area contributed by atoms with E-state index >= 15 is 0 Å². The summed E-state index contributed by atoms with van der Waals surface area (Å²) in [7, 11) is -3.62. The summed E-state index contributed by atoms with van der Waals surface area (Å²) in [6.45, 7) is 0. The average Bonchev–Trinajstić information content (AvgIpc) is 2.46. The second kappa shape index (κ2) is 6.04. The van der Waals surface area contributed by atoms with E-state index in [0.717, 1.165) is 10.5 Å². The number of hydrogen-bond donors (Lipinski definition) is 0. The molecular formula is C14H13NO2S2. The molecule has 0 saturated heterocycles. The molecule has 0 fully saturated rings. The van der Waals surface area contributed by atoms with E-state index in [9.17, 15) is 8.42 Å². The first kappa shape index (κ1) is 13.8. The van der Waals surface area contributed by atoms with Crippen LogP contribution in [0.15, 0.2) is 68.8 Å². The van der Waals surface area contributed by atoms with E-state index in [4.69, 9.17) is 0 Å². The predicted molar refractivity (Wildman–Crippen MR) is 79.4 cm³/mol. The zero-order valence-electron chi connectivity index (χ0n) is 10.4. The van der Waals surface area contributed by atoms with E-state index in [1.165, 1.54) is 18.3 Å². The SMILES string of the molecule is CSc1ccccc1C=NS(=O)(=O)c1ccccc1. The van der Waals surface area contributed by atoms with Gasteiger partial charge in [0.1, 0.15) is 0 Å². The molecule has 0 N–H and O–H groups in total. The summed E-state index contributed by atoms with van der Waals surface area (Å²) < 4.78 is 27.7. The van der Waals surface area contributed by atoms with Gasteiger partial charge in [-0.2, -0.15) is 12.8 Å². The Bertz CT molecular complexity index is 680. The fourth-order valence-corrected chi connectivity index (χ4v) is 3.00. The lowest BCUT2D eigenvalue weighted by Gasteiger charge is -2.01. The highest BCUT2D eigenvalue weighted by Crippen LogP contribution is 2.19. The first-order chi connectivity index (χ1) is 9.13. The van der Waals surface area contributed by atoms with Gasteiger partial charge in [0.2, 0.25) is 0 Å². The summed E-state index contributed by atoms with van der Waals surface area (Å²) in [5.74, 6) is 0. The van der Waals surface area contributed by atoms with E-state index < -0.39 is 10.0 Å². The van der Waals surface area contributed by atoms with Crippen molar-refractivity contribution in [1.82, 2.24) is 0 Å². The average molecular weight is 291 g/mol. The van der Waals surface area contributed by atoms with Gasteiger partial charge in [-0.1, -0.05) is 36.4 Å².